The predicted octanol–water partition coefficient (Wildman–Crippen LogP) is 1.86. The van der Waals surface area contributed by atoms with Gasteiger partial charge in [-0.3, -0.25) is 4.98 Å². The number of aliphatic hydroxyl groups is 1. The smallest absolute Gasteiger partial charge is 0.242 e. The second kappa shape index (κ2) is 5.65. The first kappa shape index (κ1) is 15.2. The van der Waals surface area contributed by atoms with Crippen LogP contribution in [0.15, 0.2) is 29.2 Å². The zero-order chi connectivity index (χ0) is 14.9. The van der Waals surface area contributed by atoms with Crippen LogP contribution in [-0.4, -0.2) is 31.2 Å². The molecule has 0 saturated carbocycles. The third-order valence-corrected chi connectivity index (χ3v) is 4.51. The summed E-state index contributed by atoms with van der Waals surface area (Å²) in [5.41, 5.74) is 0.969. The first-order chi connectivity index (χ1) is 9.31. The summed E-state index contributed by atoms with van der Waals surface area (Å²) in [6, 6.07) is 6.49. The number of nitrogens with zero attached hydrogens (tertiary/aromatic N) is 1. The lowest BCUT2D eigenvalue weighted by Crippen LogP contribution is -2.30. The van der Waals surface area contributed by atoms with Crippen molar-refractivity contribution in [2.24, 2.45) is 0 Å². The lowest BCUT2D eigenvalue weighted by atomic mass is 10.2. The molecule has 0 fully saturated rings. The summed E-state index contributed by atoms with van der Waals surface area (Å²) in [5.74, 6) is 0. The molecule has 20 heavy (non-hydrogen) atoms. The van der Waals surface area contributed by atoms with Gasteiger partial charge in [-0.05, 0) is 26.0 Å². The molecular weight excluding hydrogens is 300 g/mol. The lowest BCUT2D eigenvalue weighted by Gasteiger charge is -2.11. The van der Waals surface area contributed by atoms with Gasteiger partial charge < -0.3 is 5.11 Å². The third-order valence-electron chi connectivity index (χ3n) is 2.74. The Morgan fingerprint density at radius 3 is 2.80 bits per heavy atom. The normalized spacial score (nSPS) is 13.6. The largest absolute Gasteiger partial charge is 0.392 e. The van der Waals surface area contributed by atoms with Crippen LogP contribution in [-0.2, 0) is 10.0 Å². The van der Waals surface area contributed by atoms with Crippen LogP contribution in [0.4, 0.5) is 0 Å². The molecule has 2 aromatic rings. The number of para-hydroxylation sites is 1. The fourth-order valence-corrected chi connectivity index (χ4v) is 3.42. The second-order valence-corrected chi connectivity index (χ2v) is 6.74. The Labute approximate surface area is 122 Å². The summed E-state index contributed by atoms with van der Waals surface area (Å²) in [5, 5.41) is 10.2. The van der Waals surface area contributed by atoms with E-state index in [0.29, 0.717) is 21.6 Å². The van der Waals surface area contributed by atoms with Gasteiger partial charge >= 0.3 is 0 Å². The van der Waals surface area contributed by atoms with Crippen molar-refractivity contribution in [3.05, 3.63) is 35.0 Å². The van der Waals surface area contributed by atoms with Crippen molar-refractivity contribution in [3.8, 4) is 0 Å². The first-order valence-electron chi connectivity index (χ1n) is 6.05. The Hall–Kier alpha value is -1.21. The maximum Gasteiger partial charge on any atom is 0.242 e. The number of nitrogens with one attached hydrogen (secondary N) is 1. The molecule has 1 aromatic heterocycles. The van der Waals surface area contributed by atoms with Crippen molar-refractivity contribution in [2.75, 3.05) is 6.54 Å². The molecule has 0 saturated heterocycles. The number of hydrogen-bond donors (Lipinski definition) is 2. The minimum Gasteiger partial charge on any atom is -0.392 e. The molecule has 1 heterocycles. The number of pyridine rings is 1. The van der Waals surface area contributed by atoms with Crippen molar-refractivity contribution in [1.82, 2.24) is 9.71 Å². The van der Waals surface area contributed by atoms with E-state index in [1.807, 2.05) is 0 Å². The zero-order valence-corrected chi connectivity index (χ0v) is 12.7. The molecule has 0 bridgehead atoms. The minimum absolute atomic E-state index is 0.0567. The van der Waals surface area contributed by atoms with Crippen LogP contribution < -0.4 is 4.72 Å². The molecule has 5 nitrogen and oxygen atoms in total. The number of rotatable bonds is 4. The summed E-state index contributed by atoms with van der Waals surface area (Å²) in [6.45, 7) is 3.20. The highest BCUT2D eigenvalue weighted by Crippen LogP contribution is 2.27. The number of fused-ring (bicyclic) bond motifs is 1. The van der Waals surface area contributed by atoms with E-state index in [-0.39, 0.29) is 11.4 Å². The number of benzene rings is 1. The van der Waals surface area contributed by atoms with Crippen LogP contribution in [0.5, 0.6) is 0 Å². The number of aliphatic hydroxyl groups excluding tert-OH is 1. The predicted molar refractivity (Wildman–Crippen MR) is 78.4 cm³/mol. The standard InChI is InChI=1S/C13H15ClN2O3S/c1-8-6-11(14)10-4-3-5-12(13(10)16-8)20(18,19)15-7-9(2)17/h3-6,9,15,17H,7H2,1-2H3/t9-/m0/s1. The fraction of sp³-hybridized carbons (Fsp3) is 0.308. The zero-order valence-electron chi connectivity index (χ0n) is 11.1. The Morgan fingerprint density at radius 2 is 2.15 bits per heavy atom. The van der Waals surface area contributed by atoms with Crippen LogP contribution in [0, 0.1) is 6.92 Å². The van der Waals surface area contributed by atoms with E-state index >= 15 is 0 Å². The highest BCUT2D eigenvalue weighted by atomic mass is 35.5. The maximum atomic E-state index is 12.3. The summed E-state index contributed by atoms with van der Waals surface area (Å²) in [4.78, 5) is 4.32. The molecule has 0 radical (unpaired) electrons. The van der Waals surface area contributed by atoms with E-state index in [4.69, 9.17) is 11.6 Å². The van der Waals surface area contributed by atoms with E-state index in [1.165, 1.54) is 13.0 Å². The molecule has 2 N–H and O–H groups in total. The van der Waals surface area contributed by atoms with Gasteiger partial charge in [0, 0.05) is 17.6 Å². The van der Waals surface area contributed by atoms with Crippen LogP contribution in [0.25, 0.3) is 10.9 Å². The molecule has 0 spiro atoms. The van der Waals surface area contributed by atoms with Gasteiger partial charge in [0.05, 0.1) is 16.6 Å². The number of aryl methyl sites for hydroxylation is 1. The molecule has 1 aromatic carbocycles. The highest BCUT2D eigenvalue weighted by Gasteiger charge is 2.19. The van der Waals surface area contributed by atoms with E-state index in [1.54, 1.807) is 25.1 Å². The van der Waals surface area contributed by atoms with Gasteiger partial charge in [-0.25, -0.2) is 13.1 Å². The van der Waals surface area contributed by atoms with Crippen molar-refractivity contribution in [1.29, 1.82) is 0 Å². The molecule has 0 aliphatic rings. The van der Waals surface area contributed by atoms with E-state index in [0.717, 1.165) is 0 Å². The van der Waals surface area contributed by atoms with E-state index < -0.39 is 16.1 Å². The lowest BCUT2D eigenvalue weighted by molar-refractivity contribution is 0.198. The summed E-state index contributed by atoms with van der Waals surface area (Å²) in [6.07, 6.45) is -0.766. The Bertz CT molecular complexity index is 745. The fourth-order valence-electron chi connectivity index (χ4n) is 1.83. The van der Waals surface area contributed by atoms with Crippen LogP contribution in [0.3, 0.4) is 0 Å². The molecule has 7 heteroatoms. The molecule has 2 rings (SSSR count). The van der Waals surface area contributed by atoms with Gasteiger partial charge in [-0.2, -0.15) is 0 Å². The molecule has 1 atom stereocenters. The van der Waals surface area contributed by atoms with Gasteiger partial charge in [-0.15, -0.1) is 0 Å². The number of aromatic nitrogens is 1. The SMILES string of the molecule is Cc1cc(Cl)c2cccc(S(=O)(=O)NC[C@H](C)O)c2n1. The van der Waals surface area contributed by atoms with Crippen LogP contribution in [0.2, 0.25) is 5.02 Å². The van der Waals surface area contributed by atoms with Crippen LogP contribution >= 0.6 is 11.6 Å². The average Bonchev–Trinajstić information content (AvgIpc) is 2.35. The van der Waals surface area contributed by atoms with Gasteiger partial charge in [0.25, 0.3) is 0 Å². The van der Waals surface area contributed by atoms with Crippen molar-refractivity contribution in [3.63, 3.8) is 0 Å². The van der Waals surface area contributed by atoms with Crippen molar-refractivity contribution in [2.45, 2.75) is 24.8 Å². The monoisotopic (exact) mass is 314 g/mol. The number of halogens is 1. The third kappa shape index (κ3) is 3.09. The molecule has 108 valence electrons. The topological polar surface area (TPSA) is 79.3 Å². The van der Waals surface area contributed by atoms with Gasteiger partial charge in [0.2, 0.25) is 10.0 Å². The highest BCUT2D eigenvalue weighted by molar-refractivity contribution is 7.89. The Balaban J connectivity index is 2.60. The van der Waals surface area contributed by atoms with Gasteiger partial charge in [-0.1, -0.05) is 23.7 Å². The molecular formula is C13H15ClN2O3S. The van der Waals surface area contributed by atoms with Gasteiger partial charge in [0.1, 0.15) is 4.90 Å². The van der Waals surface area contributed by atoms with Crippen molar-refractivity contribution >= 4 is 32.5 Å². The van der Waals surface area contributed by atoms with Crippen molar-refractivity contribution < 1.29 is 13.5 Å². The molecule has 0 amide bonds. The molecule has 0 aliphatic heterocycles. The number of sulfonamides is 1. The van der Waals surface area contributed by atoms with E-state index in [2.05, 4.69) is 9.71 Å². The molecule has 0 aliphatic carbocycles. The van der Waals surface area contributed by atoms with Crippen LogP contribution in [0.1, 0.15) is 12.6 Å². The summed E-state index contributed by atoms with van der Waals surface area (Å²) < 4.78 is 26.9. The molecule has 0 unspecified atom stereocenters. The second-order valence-electron chi connectivity index (χ2n) is 4.60. The minimum atomic E-state index is -3.75. The summed E-state index contributed by atoms with van der Waals surface area (Å²) >= 11 is 6.12. The number of hydrogen-bond acceptors (Lipinski definition) is 4. The average molecular weight is 315 g/mol. The van der Waals surface area contributed by atoms with E-state index in [9.17, 15) is 13.5 Å². The Kier molecular flexibility index (Phi) is 4.29. The summed E-state index contributed by atoms with van der Waals surface area (Å²) in [7, 11) is -3.75. The maximum absolute atomic E-state index is 12.3. The quantitative estimate of drug-likeness (QED) is 0.902. The first-order valence-corrected chi connectivity index (χ1v) is 7.91. The van der Waals surface area contributed by atoms with Gasteiger partial charge in [0.15, 0.2) is 0 Å². The Morgan fingerprint density at radius 1 is 1.45 bits per heavy atom.